The Hall–Kier alpha value is -2.31. The fraction of sp³-hybridized carbons (Fsp3) is 0.562. The first-order valence-electron chi connectivity index (χ1n) is 7.59. The first-order valence-corrected chi connectivity index (χ1v) is 7.59. The molecule has 0 saturated carbocycles. The smallest absolute Gasteiger partial charge is 0.306 e. The lowest BCUT2D eigenvalue weighted by Crippen LogP contribution is -2.47. The van der Waals surface area contributed by atoms with Crippen molar-refractivity contribution in [2.75, 3.05) is 13.7 Å². The number of methoxy groups -OCH3 is 1. The van der Waals surface area contributed by atoms with E-state index < -0.39 is 12.1 Å². The molecule has 0 saturated heterocycles. The highest BCUT2D eigenvalue weighted by molar-refractivity contribution is 5.69. The average molecular weight is 323 g/mol. The number of fused-ring (bicyclic) bond motifs is 1. The second-order valence-corrected chi connectivity index (χ2v) is 5.56. The minimum Gasteiger partial charge on any atom is -0.496 e. The van der Waals surface area contributed by atoms with Crippen LogP contribution in [0.3, 0.4) is 0 Å². The first kappa shape index (κ1) is 17.1. The molecule has 0 aliphatic carbocycles. The van der Waals surface area contributed by atoms with Gasteiger partial charge in [-0.2, -0.15) is 0 Å². The van der Waals surface area contributed by atoms with Crippen LogP contribution >= 0.6 is 0 Å². The average Bonchev–Trinajstić information content (AvgIpc) is 2.52. The minimum absolute atomic E-state index is 0.0855. The maximum absolute atomic E-state index is 11.7. The largest absolute Gasteiger partial charge is 0.496 e. The van der Waals surface area contributed by atoms with Gasteiger partial charge in [0.15, 0.2) is 6.10 Å². The number of hydrogen-bond acceptors (Lipinski definition) is 6. The zero-order valence-corrected chi connectivity index (χ0v) is 13.5. The van der Waals surface area contributed by atoms with Crippen LogP contribution < -0.4 is 9.47 Å². The summed E-state index contributed by atoms with van der Waals surface area (Å²) < 4.78 is 16.0. The minimum atomic E-state index is -0.928. The monoisotopic (exact) mass is 323 g/mol. The molecular weight excluding hydrogens is 302 g/mol. The molecule has 0 radical (unpaired) electrons. The van der Waals surface area contributed by atoms with Gasteiger partial charge in [-0.1, -0.05) is 13.0 Å². The molecule has 1 heterocycles. The van der Waals surface area contributed by atoms with E-state index in [0.29, 0.717) is 17.1 Å². The molecule has 7 heteroatoms. The van der Waals surface area contributed by atoms with Crippen LogP contribution in [0.25, 0.3) is 0 Å². The van der Waals surface area contributed by atoms with E-state index >= 15 is 0 Å². The highest BCUT2D eigenvalue weighted by atomic mass is 16.6. The molecule has 0 fully saturated rings. The zero-order chi connectivity index (χ0) is 17.0. The number of ether oxygens (including phenoxy) is 3. The summed E-state index contributed by atoms with van der Waals surface area (Å²) in [4.78, 5) is 22.8. The van der Waals surface area contributed by atoms with Gasteiger partial charge in [-0.25, -0.2) is 0 Å². The third-order valence-corrected chi connectivity index (χ3v) is 3.99. The molecule has 1 aromatic rings. The predicted molar refractivity (Wildman–Crippen MR) is 82.3 cm³/mol. The number of benzene rings is 1. The summed E-state index contributed by atoms with van der Waals surface area (Å²) in [6, 6.07) is 4.36. The van der Waals surface area contributed by atoms with Gasteiger partial charge in [0.2, 0.25) is 0 Å². The molecule has 23 heavy (non-hydrogen) atoms. The van der Waals surface area contributed by atoms with Crippen LogP contribution in [-0.2, 0) is 16.0 Å². The van der Waals surface area contributed by atoms with Crippen molar-refractivity contribution in [3.05, 3.63) is 33.9 Å². The summed E-state index contributed by atoms with van der Waals surface area (Å²) in [5, 5.41) is 11.5. The lowest BCUT2D eigenvalue weighted by molar-refractivity contribution is -0.535. The standard InChI is InChI=1S/C16H21NO6/c1-4-22-15(18)8-10(2)16-12(17(19)20)9-11-13(21-3)6-5-7-14(11)23-16/h5-7,10,12,16H,4,8-9H2,1-3H3. The molecule has 1 aromatic carbocycles. The van der Waals surface area contributed by atoms with Gasteiger partial charge >= 0.3 is 5.97 Å². The van der Waals surface area contributed by atoms with Crippen molar-refractivity contribution in [1.82, 2.24) is 0 Å². The Morgan fingerprint density at radius 2 is 2.26 bits per heavy atom. The van der Waals surface area contributed by atoms with Crippen LogP contribution in [0.2, 0.25) is 0 Å². The van der Waals surface area contributed by atoms with Crippen LogP contribution in [-0.4, -0.2) is 36.8 Å². The van der Waals surface area contributed by atoms with Gasteiger partial charge in [-0.05, 0) is 19.1 Å². The summed E-state index contributed by atoms with van der Waals surface area (Å²) in [6.07, 6.45) is -0.388. The maximum Gasteiger partial charge on any atom is 0.306 e. The summed E-state index contributed by atoms with van der Waals surface area (Å²) in [7, 11) is 1.52. The van der Waals surface area contributed by atoms with Gasteiger partial charge in [0, 0.05) is 16.4 Å². The van der Waals surface area contributed by atoms with Crippen molar-refractivity contribution < 1.29 is 23.9 Å². The fourth-order valence-corrected chi connectivity index (χ4v) is 2.89. The lowest BCUT2D eigenvalue weighted by atomic mass is 9.88. The van der Waals surface area contributed by atoms with E-state index in [1.54, 1.807) is 32.0 Å². The summed E-state index contributed by atoms with van der Waals surface area (Å²) in [6.45, 7) is 3.78. The number of carbonyl (C=O) groups is 1. The highest BCUT2D eigenvalue weighted by Crippen LogP contribution is 2.37. The number of rotatable bonds is 6. The third-order valence-electron chi connectivity index (χ3n) is 3.99. The molecule has 3 atom stereocenters. The van der Waals surface area contributed by atoms with E-state index in [1.807, 2.05) is 0 Å². The normalized spacial score (nSPS) is 20.8. The lowest BCUT2D eigenvalue weighted by Gasteiger charge is -2.32. The van der Waals surface area contributed by atoms with Crippen molar-refractivity contribution in [2.24, 2.45) is 5.92 Å². The molecule has 3 unspecified atom stereocenters. The van der Waals surface area contributed by atoms with E-state index in [1.165, 1.54) is 7.11 Å². The molecule has 2 rings (SSSR count). The van der Waals surface area contributed by atoms with Gasteiger partial charge in [-0.15, -0.1) is 0 Å². The number of hydrogen-bond donors (Lipinski definition) is 0. The Bertz CT molecular complexity index is 588. The zero-order valence-electron chi connectivity index (χ0n) is 13.5. The van der Waals surface area contributed by atoms with Crippen LogP contribution in [0.15, 0.2) is 18.2 Å². The van der Waals surface area contributed by atoms with E-state index in [0.717, 1.165) is 0 Å². The first-order chi connectivity index (χ1) is 11.0. The second kappa shape index (κ2) is 7.30. The Morgan fingerprint density at radius 1 is 1.52 bits per heavy atom. The van der Waals surface area contributed by atoms with Crippen molar-refractivity contribution in [2.45, 2.75) is 38.8 Å². The van der Waals surface area contributed by atoms with Crippen molar-refractivity contribution in [3.8, 4) is 11.5 Å². The van der Waals surface area contributed by atoms with E-state index in [4.69, 9.17) is 14.2 Å². The Kier molecular flexibility index (Phi) is 5.41. The molecular formula is C16H21NO6. The fourth-order valence-electron chi connectivity index (χ4n) is 2.89. The molecule has 0 spiro atoms. The quantitative estimate of drug-likeness (QED) is 0.453. The number of esters is 1. The van der Waals surface area contributed by atoms with Crippen LogP contribution in [0.1, 0.15) is 25.8 Å². The molecule has 0 amide bonds. The maximum atomic E-state index is 11.7. The summed E-state index contributed by atoms with van der Waals surface area (Å²) >= 11 is 0. The van der Waals surface area contributed by atoms with Gasteiger partial charge in [0.1, 0.15) is 11.5 Å². The number of carbonyl (C=O) groups excluding carboxylic acids is 1. The Labute approximate surface area is 134 Å². The predicted octanol–water partition coefficient (Wildman–Crippen LogP) is 2.23. The van der Waals surface area contributed by atoms with Crippen molar-refractivity contribution in [3.63, 3.8) is 0 Å². The topological polar surface area (TPSA) is 87.9 Å². The van der Waals surface area contributed by atoms with Gasteiger partial charge < -0.3 is 14.2 Å². The van der Waals surface area contributed by atoms with Gasteiger partial charge in [-0.3, -0.25) is 14.9 Å². The molecule has 0 bridgehead atoms. The Morgan fingerprint density at radius 3 is 2.87 bits per heavy atom. The molecule has 1 aliphatic rings. The molecule has 126 valence electrons. The SMILES string of the molecule is CCOC(=O)CC(C)C1Oc2cccc(OC)c2CC1[N+](=O)[O-]. The second-order valence-electron chi connectivity index (χ2n) is 5.56. The molecule has 1 aliphatic heterocycles. The van der Waals surface area contributed by atoms with E-state index in [9.17, 15) is 14.9 Å². The van der Waals surface area contributed by atoms with Crippen LogP contribution in [0, 0.1) is 16.0 Å². The van der Waals surface area contributed by atoms with Crippen molar-refractivity contribution in [1.29, 1.82) is 0 Å². The number of nitrogens with zero attached hydrogens (tertiary/aromatic N) is 1. The molecule has 0 aromatic heterocycles. The van der Waals surface area contributed by atoms with Gasteiger partial charge in [0.05, 0.1) is 26.6 Å². The number of nitro groups is 1. The van der Waals surface area contributed by atoms with E-state index in [2.05, 4.69) is 0 Å². The molecule has 7 nitrogen and oxygen atoms in total. The Balaban J connectivity index is 2.25. The highest BCUT2D eigenvalue weighted by Gasteiger charge is 2.43. The third kappa shape index (κ3) is 3.72. The van der Waals surface area contributed by atoms with Crippen molar-refractivity contribution >= 4 is 5.97 Å². The molecule has 0 N–H and O–H groups in total. The van der Waals surface area contributed by atoms with Crippen LogP contribution in [0.5, 0.6) is 11.5 Å². The van der Waals surface area contributed by atoms with Gasteiger partial charge in [0.25, 0.3) is 6.04 Å². The summed E-state index contributed by atoms with van der Waals surface area (Å²) in [5.41, 5.74) is 0.691. The summed E-state index contributed by atoms with van der Waals surface area (Å²) in [5.74, 6) is 0.444. The van der Waals surface area contributed by atoms with Crippen LogP contribution in [0.4, 0.5) is 0 Å². The van der Waals surface area contributed by atoms with E-state index in [-0.39, 0.29) is 36.3 Å².